The molecule has 1 aliphatic rings. The minimum absolute atomic E-state index is 0.249. The van der Waals surface area contributed by atoms with Crippen molar-refractivity contribution >= 4 is 11.9 Å². The number of hydrogen-bond donors (Lipinski definition) is 0. The lowest BCUT2D eigenvalue weighted by molar-refractivity contribution is -0.131. The molecule has 5 rings (SSSR count). The van der Waals surface area contributed by atoms with Gasteiger partial charge in [0.2, 0.25) is 0 Å². The fraction of sp³-hybridized carbons (Fsp3) is 0.268. The van der Waals surface area contributed by atoms with E-state index in [4.69, 9.17) is 28.4 Å². The smallest absolute Gasteiger partial charge is 0.338 e. The molecule has 4 aromatic rings. The standard InChI is InChI=1S/C41H42O8/c1-11-25-35(46-9)31(21-33(44-7)37(25)48-39(42)23(3)4)41(29-19-15-13-17-27(29)28-18-14-16-20-30(28)41)32-22-34(45-8)38(49-40(43)24(5)6)26(12-2)36(32)47-10/h13-22H,3,5,11-12H2,1-2,4,6-10H3. The maximum atomic E-state index is 12.9. The van der Waals surface area contributed by atoms with E-state index in [-0.39, 0.29) is 22.6 Å². The van der Waals surface area contributed by atoms with Gasteiger partial charge in [0, 0.05) is 33.4 Å². The van der Waals surface area contributed by atoms with E-state index in [0.29, 0.717) is 47.0 Å². The van der Waals surface area contributed by atoms with Crippen LogP contribution in [-0.2, 0) is 27.8 Å². The van der Waals surface area contributed by atoms with Gasteiger partial charge < -0.3 is 28.4 Å². The van der Waals surface area contributed by atoms with Crippen molar-refractivity contribution in [2.75, 3.05) is 28.4 Å². The number of carbonyl (C=O) groups is 2. The molecule has 0 saturated carbocycles. The van der Waals surface area contributed by atoms with E-state index >= 15 is 0 Å². The highest BCUT2D eigenvalue weighted by Crippen LogP contribution is 2.63. The first kappa shape index (κ1) is 34.8. The Balaban J connectivity index is 2.04. The Morgan fingerprint density at radius 1 is 0.571 bits per heavy atom. The lowest BCUT2D eigenvalue weighted by atomic mass is 9.66. The zero-order chi connectivity index (χ0) is 35.6. The second-order valence-electron chi connectivity index (χ2n) is 11.8. The summed E-state index contributed by atoms with van der Waals surface area (Å²) in [6.45, 7) is 14.6. The Morgan fingerprint density at radius 2 is 0.939 bits per heavy atom. The Morgan fingerprint density at radius 3 is 1.24 bits per heavy atom. The SMILES string of the molecule is C=C(C)C(=O)Oc1c(OC)cc(C2(c3cc(OC)c(OC(=O)C(=C)C)c(CC)c3OC)c3ccccc3-c3ccccc32)c(OC)c1CC. The Kier molecular flexibility index (Phi) is 9.90. The van der Waals surface area contributed by atoms with Crippen LogP contribution in [0.2, 0.25) is 0 Å². The van der Waals surface area contributed by atoms with Gasteiger partial charge in [0.05, 0.1) is 33.9 Å². The molecule has 0 spiro atoms. The highest BCUT2D eigenvalue weighted by molar-refractivity contribution is 5.92. The predicted molar refractivity (Wildman–Crippen MR) is 190 cm³/mol. The van der Waals surface area contributed by atoms with Crippen molar-refractivity contribution in [2.45, 2.75) is 46.0 Å². The molecular weight excluding hydrogens is 620 g/mol. The van der Waals surface area contributed by atoms with E-state index in [1.54, 1.807) is 28.1 Å². The predicted octanol–water partition coefficient (Wildman–Crippen LogP) is 8.17. The van der Waals surface area contributed by atoms with Gasteiger partial charge in [0.25, 0.3) is 0 Å². The Bertz CT molecular complexity index is 1840. The maximum Gasteiger partial charge on any atom is 0.338 e. The van der Waals surface area contributed by atoms with E-state index in [0.717, 1.165) is 33.4 Å². The van der Waals surface area contributed by atoms with Crippen molar-refractivity contribution in [3.63, 3.8) is 0 Å². The average molecular weight is 663 g/mol. The normalized spacial score (nSPS) is 12.3. The molecule has 0 unspecified atom stereocenters. The summed E-state index contributed by atoms with van der Waals surface area (Å²) in [5.74, 6) is 1.07. The summed E-state index contributed by atoms with van der Waals surface area (Å²) in [6.07, 6.45) is 0.893. The molecular formula is C41H42O8. The van der Waals surface area contributed by atoms with Gasteiger partial charge in [0.15, 0.2) is 23.0 Å². The molecule has 49 heavy (non-hydrogen) atoms. The van der Waals surface area contributed by atoms with Crippen molar-refractivity contribution in [1.29, 1.82) is 0 Å². The highest BCUT2D eigenvalue weighted by atomic mass is 16.6. The number of hydrogen-bond acceptors (Lipinski definition) is 8. The molecule has 0 atom stereocenters. The monoisotopic (exact) mass is 662 g/mol. The summed E-state index contributed by atoms with van der Waals surface area (Å²) in [4.78, 5) is 25.8. The largest absolute Gasteiger partial charge is 0.496 e. The number of esters is 2. The third-order valence-corrected chi connectivity index (χ3v) is 8.99. The lowest BCUT2D eigenvalue weighted by Gasteiger charge is -2.37. The first-order valence-corrected chi connectivity index (χ1v) is 16.1. The molecule has 254 valence electrons. The highest BCUT2D eigenvalue weighted by Gasteiger charge is 2.51. The van der Waals surface area contributed by atoms with Crippen LogP contribution in [0.25, 0.3) is 11.1 Å². The minimum Gasteiger partial charge on any atom is -0.496 e. The van der Waals surface area contributed by atoms with Crippen molar-refractivity contribution < 1.29 is 38.0 Å². The molecule has 0 amide bonds. The van der Waals surface area contributed by atoms with Gasteiger partial charge in [-0.05, 0) is 61.1 Å². The Hall–Kier alpha value is -5.50. The van der Waals surface area contributed by atoms with Crippen LogP contribution in [0.15, 0.2) is 85.0 Å². The first-order valence-electron chi connectivity index (χ1n) is 16.1. The van der Waals surface area contributed by atoms with Gasteiger partial charge in [-0.1, -0.05) is 75.5 Å². The van der Waals surface area contributed by atoms with Gasteiger partial charge in [0.1, 0.15) is 11.5 Å². The van der Waals surface area contributed by atoms with E-state index in [1.165, 1.54) is 14.2 Å². The van der Waals surface area contributed by atoms with Gasteiger partial charge in [-0.2, -0.15) is 0 Å². The van der Waals surface area contributed by atoms with E-state index in [1.807, 2.05) is 50.2 Å². The topological polar surface area (TPSA) is 89.5 Å². The number of benzene rings is 4. The molecule has 0 fully saturated rings. The first-order chi connectivity index (χ1) is 23.5. The second-order valence-corrected chi connectivity index (χ2v) is 11.8. The molecule has 4 aromatic carbocycles. The molecule has 0 bridgehead atoms. The molecule has 0 aliphatic heterocycles. The Labute approximate surface area is 287 Å². The summed E-state index contributed by atoms with van der Waals surface area (Å²) in [6, 6.07) is 20.1. The summed E-state index contributed by atoms with van der Waals surface area (Å²) < 4.78 is 36.4. The minimum atomic E-state index is -1.09. The van der Waals surface area contributed by atoms with Crippen LogP contribution in [0.1, 0.15) is 61.1 Å². The maximum absolute atomic E-state index is 12.9. The van der Waals surface area contributed by atoms with Crippen LogP contribution >= 0.6 is 0 Å². The van der Waals surface area contributed by atoms with Gasteiger partial charge in [-0.3, -0.25) is 0 Å². The van der Waals surface area contributed by atoms with Crippen molar-refractivity contribution in [1.82, 2.24) is 0 Å². The van der Waals surface area contributed by atoms with Crippen molar-refractivity contribution in [3.05, 3.63) is 118 Å². The average Bonchev–Trinajstić information content (AvgIpc) is 3.41. The quantitative estimate of drug-likeness (QED) is 0.0751. The van der Waals surface area contributed by atoms with Gasteiger partial charge in [-0.15, -0.1) is 0 Å². The van der Waals surface area contributed by atoms with E-state index < -0.39 is 17.4 Å². The van der Waals surface area contributed by atoms with Crippen LogP contribution in [-0.4, -0.2) is 40.4 Å². The number of methoxy groups -OCH3 is 4. The third kappa shape index (κ3) is 5.51. The third-order valence-electron chi connectivity index (χ3n) is 8.99. The van der Waals surface area contributed by atoms with E-state index in [2.05, 4.69) is 37.4 Å². The van der Waals surface area contributed by atoms with Gasteiger partial charge in [-0.25, -0.2) is 9.59 Å². The van der Waals surface area contributed by atoms with Crippen LogP contribution in [0.4, 0.5) is 0 Å². The molecule has 0 heterocycles. The fourth-order valence-electron chi connectivity index (χ4n) is 6.87. The second kappa shape index (κ2) is 13.9. The molecule has 8 heteroatoms. The zero-order valence-corrected chi connectivity index (χ0v) is 29.4. The molecule has 1 aliphatic carbocycles. The van der Waals surface area contributed by atoms with Gasteiger partial charge >= 0.3 is 11.9 Å². The zero-order valence-electron chi connectivity index (χ0n) is 29.4. The number of carbonyl (C=O) groups excluding carboxylic acids is 2. The fourth-order valence-corrected chi connectivity index (χ4v) is 6.87. The summed E-state index contributed by atoms with van der Waals surface area (Å²) in [5, 5.41) is 0. The molecule has 0 aromatic heterocycles. The molecule has 8 nitrogen and oxygen atoms in total. The number of rotatable bonds is 12. The van der Waals surface area contributed by atoms with Crippen LogP contribution in [0.3, 0.4) is 0 Å². The molecule has 0 saturated heterocycles. The number of ether oxygens (including phenoxy) is 6. The molecule has 0 N–H and O–H groups in total. The molecule has 0 radical (unpaired) electrons. The summed E-state index contributed by atoms with van der Waals surface area (Å²) in [5.41, 5.74) is 6.10. The summed E-state index contributed by atoms with van der Waals surface area (Å²) in [7, 11) is 6.28. The van der Waals surface area contributed by atoms with E-state index in [9.17, 15) is 9.59 Å². The lowest BCUT2D eigenvalue weighted by Crippen LogP contribution is -2.31. The van der Waals surface area contributed by atoms with Crippen molar-refractivity contribution in [3.8, 4) is 45.6 Å². The van der Waals surface area contributed by atoms with Crippen molar-refractivity contribution in [2.24, 2.45) is 0 Å². The van der Waals surface area contributed by atoms with Crippen LogP contribution < -0.4 is 28.4 Å². The van der Waals surface area contributed by atoms with Crippen LogP contribution in [0, 0.1) is 0 Å². The van der Waals surface area contributed by atoms with Crippen LogP contribution in [0.5, 0.6) is 34.5 Å². The number of fused-ring (bicyclic) bond motifs is 3. The summed E-state index contributed by atoms with van der Waals surface area (Å²) >= 11 is 0.